The SMILES string of the molecule is CCOc1cc(/C=C2\C(=O)NC(=O)N(c3ccc(F)cc3)C2=O)cc(I)c1OCc1cccc2ccccc12. The van der Waals surface area contributed by atoms with E-state index in [1.165, 1.54) is 18.2 Å². The molecule has 4 aromatic carbocycles. The quantitative estimate of drug-likeness (QED) is 0.148. The summed E-state index contributed by atoms with van der Waals surface area (Å²) in [6, 6.07) is 21.5. The molecule has 0 bridgehead atoms. The lowest BCUT2D eigenvalue weighted by Gasteiger charge is -2.26. The number of fused-ring (bicyclic) bond motifs is 1. The van der Waals surface area contributed by atoms with Gasteiger partial charge in [0.05, 0.1) is 15.9 Å². The van der Waals surface area contributed by atoms with Crippen molar-refractivity contribution in [3.8, 4) is 11.5 Å². The van der Waals surface area contributed by atoms with Crippen LogP contribution in [0.3, 0.4) is 0 Å². The third kappa shape index (κ3) is 5.49. The summed E-state index contributed by atoms with van der Waals surface area (Å²) in [7, 11) is 0. The second-order valence-electron chi connectivity index (χ2n) is 8.62. The fourth-order valence-corrected chi connectivity index (χ4v) is 5.07. The number of nitrogens with zero attached hydrogens (tertiary/aromatic N) is 1. The molecule has 1 N–H and O–H groups in total. The minimum absolute atomic E-state index is 0.138. The van der Waals surface area contributed by atoms with E-state index in [1.807, 2.05) is 49.4 Å². The molecule has 9 heteroatoms. The molecule has 0 aromatic heterocycles. The summed E-state index contributed by atoms with van der Waals surface area (Å²) in [5, 5.41) is 4.38. The van der Waals surface area contributed by atoms with Crippen LogP contribution >= 0.6 is 22.6 Å². The maximum atomic E-state index is 13.4. The van der Waals surface area contributed by atoms with Crippen molar-refractivity contribution in [3.63, 3.8) is 0 Å². The number of imide groups is 2. The van der Waals surface area contributed by atoms with Gasteiger partial charge in [-0.15, -0.1) is 0 Å². The number of carbonyl (C=O) groups excluding carboxylic acids is 3. The van der Waals surface area contributed by atoms with Crippen LogP contribution in [0.15, 0.2) is 84.4 Å². The van der Waals surface area contributed by atoms with E-state index in [4.69, 9.17) is 9.47 Å². The molecule has 1 fully saturated rings. The fraction of sp³-hybridized carbons (Fsp3) is 0.100. The number of carbonyl (C=O) groups is 3. The highest BCUT2D eigenvalue weighted by Gasteiger charge is 2.37. The molecule has 4 amide bonds. The lowest BCUT2D eigenvalue weighted by atomic mass is 10.1. The Morgan fingerprint density at radius 2 is 1.69 bits per heavy atom. The fourth-order valence-electron chi connectivity index (χ4n) is 4.29. The van der Waals surface area contributed by atoms with Gasteiger partial charge in [0.25, 0.3) is 11.8 Å². The van der Waals surface area contributed by atoms with Gasteiger partial charge in [-0.25, -0.2) is 14.1 Å². The van der Waals surface area contributed by atoms with Crippen LogP contribution in [0.1, 0.15) is 18.1 Å². The number of ether oxygens (including phenoxy) is 2. The zero-order valence-corrected chi connectivity index (χ0v) is 22.9. The van der Waals surface area contributed by atoms with Gasteiger partial charge in [-0.05, 0) is 93.9 Å². The predicted octanol–water partition coefficient (Wildman–Crippen LogP) is 6.23. The highest BCUT2D eigenvalue weighted by Crippen LogP contribution is 2.36. The first-order valence-corrected chi connectivity index (χ1v) is 13.2. The molecular formula is C30H22FIN2O5. The number of anilines is 1. The number of barbiturate groups is 1. The van der Waals surface area contributed by atoms with Crippen LogP contribution < -0.4 is 19.7 Å². The summed E-state index contributed by atoms with van der Waals surface area (Å²) in [5.41, 5.74) is 1.42. The maximum Gasteiger partial charge on any atom is 0.335 e. The number of hydrogen-bond donors (Lipinski definition) is 1. The van der Waals surface area contributed by atoms with Crippen molar-refractivity contribution in [2.45, 2.75) is 13.5 Å². The van der Waals surface area contributed by atoms with Crippen molar-refractivity contribution in [1.29, 1.82) is 0 Å². The number of rotatable bonds is 7. The number of benzene rings is 4. The Balaban J connectivity index is 1.46. The summed E-state index contributed by atoms with van der Waals surface area (Å²) in [5.74, 6) is -1.18. The van der Waals surface area contributed by atoms with Gasteiger partial charge in [0, 0.05) is 0 Å². The smallest absolute Gasteiger partial charge is 0.335 e. The van der Waals surface area contributed by atoms with Crippen LogP contribution in [0.5, 0.6) is 11.5 Å². The first kappa shape index (κ1) is 26.4. The molecule has 5 rings (SSSR count). The van der Waals surface area contributed by atoms with E-state index in [9.17, 15) is 18.8 Å². The number of hydrogen-bond acceptors (Lipinski definition) is 5. The average molecular weight is 636 g/mol. The summed E-state index contributed by atoms with van der Waals surface area (Å²) in [4.78, 5) is 39.0. The Hall–Kier alpha value is -4.25. The topological polar surface area (TPSA) is 84.9 Å². The van der Waals surface area contributed by atoms with Gasteiger partial charge in [-0.2, -0.15) is 0 Å². The van der Waals surface area contributed by atoms with Crippen LogP contribution in [0.4, 0.5) is 14.9 Å². The molecule has 39 heavy (non-hydrogen) atoms. The number of nitrogens with one attached hydrogen (secondary N) is 1. The number of amides is 4. The molecule has 0 atom stereocenters. The summed E-state index contributed by atoms with van der Waals surface area (Å²) in [6.45, 7) is 2.53. The molecular weight excluding hydrogens is 614 g/mol. The molecule has 1 aliphatic rings. The standard InChI is InChI=1S/C30H22FIN2O5/c1-2-38-26-16-18(14-24-28(35)33-30(37)34(29(24)36)22-12-10-21(31)11-13-22)15-25(32)27(26)39-17-20-8-5-7-19-6-3-4-9-23(19)20/h3-16H,2,17H2,1H3,(H,33,35,37)/b24-14+. The summed E-state index contributed by atoms with van der Waals surface area (Å²) >= 11 is 2.12. The molecule has 0 aliphatic carbocycles. The van der Waals surface area contributed by atoms with Crippen molar-refractivity contribution >= 4 is 63.0 Å². The van der Waals surface area contributed by atoms with Gasteiger partial charge in [0.1, 0.15) is 18.0 Å². The van der Waals surface area contributed by atoms with Crippen molar-refractivity contribution in [1.82, 2.24) is 5.32 Å². The highest BCUT2D eigenvalue weighted by atomic mass is 127. The van der Waals surface area contributed by atoms with Crippen molar-refractivity contribution in [3.05, 3.63) is 105 Å². The Morgan fingerprint density at radius 1 is 0.949 bits per heavy atom. The minimum Gasteiger partial charge on any atom is -0.490 e. The highest BCUT2D eigenvalue weighted by molar-refractivity contribution is 14.1. The van der Waals surface area contributed by atoms with Gasteiger partial charge < -0.3 is 9.47 Å². The second kappa shape index (κ2) is 11.2. The summed E-state index contributed by atoms with van der Waals surface area (Å²) in [6.07, 6.45) is 1.39. The van der Waals surface area contributed by atoms with E-state index >= 15 is 0 Å². The van der Waals surface area contributed by atoms with Crippen LogP contribution in [0.25, 0.3) is 16.8 Å². The Morgan fingerprint density at radius 3 is 2.46 bits per heavy atom. The first-order chi connectivity index (χ1) is 18.9. The van der Waals surface area contributed by atoms with Gasteiger partial charge >= 0.3 is 6.03 Å². The predicted molar refractivity (Wildman–Crippen MR) is 154 cm³/mol. The van der Waals surface area contributed by atoms with Gasteiger partial charge in [0.2, 0.25) is 0 Å². The van der Waals surface area contributed by atoms with Crippen molar-refractivity contribution in [2.75, 3.05) is 11.5 Å². The van der Waals surface area contributed by atoms with Crippen LogP contribution in [0.2, 0.25) is 0 Å². The second-order valence-corrected chi connectivity index (χ2v) is 9.79. The molecule has 4 aromatic rings. The molecule has 0 saturated carbocycles. The first-order valence-electron chi connectivity index (χ1n) is 12.1. The van der Waals surface area contributed by atoms with Gasteiger partial charge in [0.15, 0.2) is 11.5 Å². The van der Waals surface area contributed by atoms with E-state index in [2.05, 4.69) is 27.9 Å². The maximum absolute atomic E-state index is 13.4. The third-order valence-electron chi connectivity index (χ3n) is 6.08. The van der Waals surface area contributed by atoms with E-state index < -0.39 is 23.7 Å². The molecule has 0 radical (unpaired) electrons. The molecule has 1 heterocycles. The molecule has 7 nitrogen and oxygen atoms in total. The van der Waals surface area contributed by atoms with Crippen LogP contribution in [-0.4, -0.2) is 24.5 Å². The minimum atomic E-state index is -0.907. The molecule has 0 unspecified atom stereocenters. The molecule has 1 saturated heterocycles. The van der Waals surface area contributed by atoms with E-state index in [0.29, 0.717) is 33.8 Å². The monoisotopic (exact) mass is 636 g/mol. The Labute approximate surface area is 237 Å². The summed E-state index contributed by atoms with van der Waals surface area (Å²) < 4.78 is 26.2. The number of urea groups is 1. The van der Waals surface area contributed by atoms with Crippen LogP contribution in [-0.2, 0) is 16.2 Å². The molecule has 1 aliphatic heterocycles. The van der Waals surface area contributed by atoms with Gasteiger partial charge in [-0.1, -0.05) is 42.5 Å². The zero-order valence-electron chi connectivity index (χ0n) is 20.7. The lowest BCUT2D eigenvalue weighted by molar-refractivity contribution is -0.122. The van der Waals surface area contributed by atoms with E-state index in [-0.39, 0.29) is 11.3 Å². The van der Waals surface area contributed by atoms with E-state index in [1.54, 1.807) is 12.1 Å². The van der Waals surface area contributed by atoms with E-state index in [0.717, 1.165) is 33.4 Å². The lowest BCUT2D eigenvalue weighted by Crippen LogP contribution is -2.54. The molecule has 196 valence electrons. The largest absolute Gasteiger partial charge is 0.490 e. The van der Waals surface area contributed by atoms with Crippen molar-refractivity contribution < 1.29 is 28.2 Å². The van der Waals surface area contributed by atoms with Crippen LogP contribution in [0, 0.1) is 9.39 Å². The Kier molecular flexibility index (Phi) is 7.60. The molecule has 0 spiro atoms. The average Bonchev–Trinajstić information content (AvgIpc) is 2.92. The van der Waals surface area contributed by atoms with Gasteiger partial charge in [-0.3, -0.25) is 14.9 Å². The normalized spacial score (nSPS) is 14.6. The number of halogens is 2. The Bertz CT molecular complexity index is 1630. The van der Waals surface area contributed by atoms with Crippen molar-refractivity contribution in [2.24, 2.45) is 0 Å². The zero-order chi connectivity index (χ0) is 27.5. The third-order valence-corrected chi connectivity index (χ3v) is 6.88.